The number of H-pyrrole nitrogens is 1. The summed E-state index contributed by atoms with van der Waals surface area (Å²) >= 11 is 0. The molecule has 18 heteroatoms. The van der Waals surface area contributed by atoms with Gasteiger partial charge in [0.1, 0.15) is 18.0 Å². The molecule has 6 atom stereocenters. The highest BCUT2D eigenvalue weighted by Crippen LogP contribution is 2.55. The summed E-state index contributed by atoms with van der Waals surface area (Å²) < 4.78 is 52.7. The molecule has 0 spiro atoms. The Bertz CT molecular complexity index is 1280. The minimum atomic E-state index is -5.52. The summed E-state index contributed by atoms with van der Waals surface area (Å²) in [5, 5.41) is 10.7. The molecule has 0 bridgehead atoms. The highest BCUT2D eigenvalue weighted by molar-refractivity contribution is 7.59. The second-order valence-electron chi connectivity index (χ2n) is 7.43. The first-order chi connectivity index (χ1) is 17.4. The lowest BCUT2D eigenvalue weighted by Crippen LogP contribution is -2.41. The average Bonchev–Trinajstić information content (AvgIpc) is 3.11. The van der Waals surface area contributed by atoms with Crippen molar-refractivity contribution in [1.82, 2.24) is 9.55 Å². The van der Waals surface area contributed by atoms with Crippen LogP contribution in [0.2, 0.25) is 0 Å². The second-order valence-corrected chi connectivity index (χ2v) is 10.4. The predicted molar refractivity (Wildman–Crippen MR) is 117 cm³/mol. The van der Waals surface area contributed by atoms with E-state index in [1.807, 2.05) is 4.98 Å². The lowest BCUT2D eigenvalue weighted by atomic mass is 10.1. The fraction of sp³-hybridized carbons (Fsp3) is 0.421. The molecular weight excluding hydrogens is 542 g/mol. The molecule has 1 aromatic carbocycles. The van der Waals surface area contributed by atoms with Gasteiger partial charge in [0.2, 0.25) is 0 Å². The van der Waals surface area contributed by atoms with Crippen molar-refractivity contribution in [2.75, 3.05) is 13.2 Å². The molecule has 16 nitrogen and oxygen atoms in total. The number of nitrogens with zero attached hydrogens (tertiary/aromatic N) is 1. The van der Waals surface area contributed by atoms with E-state index in [1.54, 1.807) is 25.1 Å². The van der Waals surface area contributed by atoms with Gasteiger partial charge >= 0.3 is 11.8 Å². The zero-order valence-corrected chi connectivity index (χ0v) is 20.9. The van der Waals surface area contributed by atoms with Crippen molar-refractivity contribution in [3.63, 3.8) is 0 Å². The molecular formula is C19H22N2O14P2-2. The summed E-state index contributed by atoms with van der Waals surface area (Å²) in [6.07, 6.45) is -6.72. The highest BCUT2D eigenvalue weighted by atomic mass is 31.3. The number of aromatic nitrogens is 2. The smallest absolute Gasteiger partial charge is 0.514 e. The van der Waals surface area contributed by atoms with Crippen LogP contribution in [0.1, 0.15) is 19.6 Å². The maximum absolute atomic E-state index is 12.3. The number of ether oxygens (including phenoxy) is 3. The molecule has 1 fully saturated rings. The number of aromatic amines is 1. The van der Waals surface area contributed by atoms with Crippen LogP contribution in [0.25, 0.3) is 0 Å². The number of phosphoric ester groups is 2. The van der Waals surface area contributed by atoms with E-state index in [-0.39, 0.29) is 18.8 Å². The minimum absolute atomic E-state index is 0.0929. The number of benzene rings is 1. The van der Waals surface area contributed by atoms with Gasteiger partial charge in [-0.15, -0.1) is 0 Å². The molecule has 3 rings (SSSR count). The van der Waals surface area contributed by atoms with E-state index in [4.69, 9.17) is 14.2 Å². The van der Waals surface area contributed by atoms with Crippen LogP contribution in [0, 0.1) is 0 Å². The zero-order chi connectivity index (χ0) is 27.2. The third kappa shape index (κ3) is 8.17. The van der Waals surface area contributed by atoms with Gasteiger partial charge in [0.15, 0.2) is 12.3 Å². The van der Waals surface area contributed by atoms with Gasteiger partial charge < -0.3 is 38.2 Å². The Balaban J connectivity index is 1.76. The number of carbonyl (C=O) groups excluding carboxylic acids is 1. The largest absolute Gasteiger partial charge is 0.756 e. The van der Waals surface area contributed by atoms with Crippen LogP contribution in [0.3, 0.4) is 0 Å². The molecule has 1 aliphatic rings. The van der Waals surface area contributed by atoms with Gasteiger partial charge in [-0.25, -0.2) is 13.9 Å². The summed E-state index contributed by atoms with van der Waals surface area (Å²) in [6, 6.07) is 8.63. The van der Waals surface area contributed by atoms with E-state index in [1.165, 1.54) is 12.1 Å². The van der Waals surface area contributed by atoms with Crippen LogP contribution in [0.15, 0.2) is 52.2 Å². The van der Waals surface area contributed by atoms with Crippen molar-refractivity contribution in [2.24, 2.45) is 0 Å². The van der Waals surface area contributed by atoms with Gasteiger partial charge in [0.25, 0.3) is 21.2 Å². The Morgan fingerprint density at radius 2 is 1.81 bits per heavy atom. The van der Waals surface area contributed by atoms with E-state index < -0.39 is 64.2 Å². The molecule has 2 heterocycles. The normalized spacial score (nSPS) is 24.6. The molecule has 2 N–H and O–H groups in total. The van der Waals surface area contributed by atoms with Gasteiger partial charge in [-0.05, 0) is 18.6 Å². The minimum Gasteiger partial charge on any atom is -0.756 e. The molecule has 3 unspecified atom stereocenters. The van der Waals surface area contributed by atoms with Crippen molar-refractivity contribution in [2.45, 2.75) is 37.9 Å². The van der Waals surface area contributed by atoms with Gasteiger partial charge in [0, 0.05) is 12.3 Å². The number of phosphoric acid groups is 2. The molecule has 2 aromatic rings. The quantitative estimate of drug-likeness (QED) is 0.204. The molecule has 1 aliphatic heterocycles. The Kier molecular flexibility index (Phi) is 9.58. The Morgan fingerprint density at radius 1 is 1.14 bits per heavy atom. The maximum atomic E-state index is 12.3. The summed E-state index contributed by atoms with van der Waals surface area (Å²) in [6.45, 7) is 0.223. The second kappa shape index (κ2) is 12.3. The van der Waals surface area contributed by atoms with Gasteiger partial charge in [-0.1, -0.05) is 25.1 Å². The first-order valence-corrected chi connectivity index (χ1v) is 13.5. The van der Waals surface area contributed by atoms with E-state index in [9.17, 15) is 38.4 Å². The first kappa shape index (κ1) is 28.9. The zero-order valence-electron chi connectivity index (χ0n) is 19.1. The summed E-state index contributed by atoms with van der Waals surface area (Å²) in [4.78, 5) is 61.5. The average molecular weight is 564 g/mol. The molecule has 1 saturated heterocycles. The SMILES string of the molecule is CCCOP(=O)([O-])OP(=O)([O-])OC[C@H]1O[C@@H](n2ccc(=O)[nH]c2=O)[C@@H](OC(=O)Oc2ccccc2)C1O. The van der Waals surface area contributed by atoms with Crippen molar-refractivity contribution in [3.05, 3.63) is 63.4 Å². The van der Waals surface area contributed by atoms with Crippen molar-refractivity contribution in [3.8, 4) is 5.75 Å². The van der Waals surface area contributed by atoms with Crippen molar-refractivity contribution < 1.29 is 56.4 Å². The third-order valence-corrected chi connectivity index (χ3v) is 7.23. The van der Waals surface area contributed by atoms with Crippen LogP contribution in [-0.4, -0.2) is 52.3 Å². The topological polar surface area (TPSA) is 228 Å². The van der Waals surface area contributed by atoms with E-state index in [0.29, 0.717) is 0 Å². The number of aliphatic hydroxyl groups is 1. The summed E-state index contributed by atoms with van der Waals surface area (Å²) in [7, 11) is -10.8. The molecule has 0 aliphatic carbocycles. The van der Waals surface area contributed by atoms with Gasteiger partial charge in [-0.3, -0.25) is 23.5 Å². The van der Waals surface area contributed by atoms with Crippen LogP contribution >= 0.6 is 15.6 Å². The Labute approximate surface area is 208 Å². The Morgan fingerprint density at radius 3 is 2.46 bits per heavy atom. The van der Waals surface area contributed by atoms with E-state index >= 15 is 0 Å². The Hall–Kier alpha value is -2.65. The van der Waals surface area contributed by atoms with Crippen LogP contribution in [0.4, 0.5) is 4.79 Å². The molecule has 204 valence electrons. The lowest BCUT2D eigenvalue weighted by molar-refractivity contribution is -0.245. The van der Waals surface area contributed by atoms with Gasteiger partial charge in [-0.2, -0.15) is 0 Å². The number of aliphatic hydroxyl groups excluding tert-OH is 1. The summed E-state index contributed by atoms with van der Waals surface area (Å²) in [5.74, 6) is 0.0929. The number of nitrogens with one attached hydrogen (secondary N) is 1. The molecule has 0 saturated carbocycles. The third-order valence-electron chi connectivity index (χ3n) is 4.67. The highest BCUT2D eigenvalue weighted by Gasteiger charge is 2.48. The predicted octanol–water partition coefficient (Wildman–Crippen LogP) is -0.224. The fourth-order valence-corrected chi connectivity index (χ4v) is 5.18. The fourth-order valence-electron chi connectivity index (χ4n) is 3.09. The lowest BCUT2D eigenvalue weighted by Gasteiger charge is -2.31. The standard InChI is InChI=1S/C19H24N2O14P2/c1-2-10-30-36(26,27)35-37(28,29)31-11-13-15(23)16(34-19(25)32-12-6-4-3-5-7-12)17(33-13)21-9-8-14(22)20-18(21)24/h3-9,13,15-17,23H,2,10-11H2,1H3,(H,26,27)(H,28,29)(H,20,22,24)/p-2/t13-,15?,16+,17-/m1/s1. The van der Waals surface area contributed by atoms with Gasteiger partial charge in [0.05, 0.1) is 13.2 Å². The van der Waals surface area contributed by atoms with Crippen molar-refractivity contribution in [1.29, 1.82) is 0 Å². The van der Waals surface area contributed by atoms with Crippen LogP contribution in [0.5, 0.6) is 5.75 Å². The van der Waals surface area contributed by atoms with Crippen LogP contribution in [-0.2, 0) is 32.0 Å². The first-order valence-electron chi connectivity index (χ1n) is 10.6. The van der Waals surface area contributed by atoms with Crippen molar-refractivity contribution >= 4 is 21.8 Å². The summed E-state index contributed by atoms with van der Waals surface area (Å²) in [5.41, 5.74) is -1.76. The monoisotopic (exact) mass is 564 g/mol. The molecule has 1 aromatic heterocycles. The van der Waals surface area contributed by atoms with E-state index in [0.717, 1.165) is 16.8 Å². The van der Waals surface area contributed by atoms with Crippen LogP contribution < -0.4 is 25.8 Å². The molecule has 0 amide bonds. The van der Waals surface area contributed by atoms with E-state index in [2.05, 4.69) is 13.4 Å². The number of hydrogen-bond acceptors (Lipinski definition) is 14. The maximum Gasteiger partial charge on any atom is 0.514 e. The molecule has 0 radical (unpaired) electrons. The number of para-hydroxylation sites is 1. The number of hydrogen-bond donors (Lipinski definition) is 2. The number of carbonyl (C=O) groups is 1. The number of rotatable bonds is 11. The molecule has 37 heavy (non-hydrogen) atoms.